The number of thioether (sulfide) groups is 1. The SMILES string of the molecule is CCc1cc(OC)c(-c2ncc[nH]2)cc1SC. The third-order valence-electron chi connectivity index (χ3n) is 2.74. The summed E-state index contributed by atoms with van der Waals surface area (Å²) in [7, 11) is 1.69. The molecule has 0 amide bonds. The third-order valence-corrected chi connectivity index (χ3v) is 3.56. The summed E-state index contributed by atoms with van der Waals surface area (Å²) in [6.45, 7) is 2.15. The lowest BCUT2D eigenvalue weighted by atomic mass is 10.1. The van der Waals surface area contributed by atoms with Crippen LogP contribution in [0.3, 0.4) is 0 Å². The van der Waals surface area contributed by atoms with Crippen LogP contribution in [0, 0.1) is 0 Å². The Morgan fingerprint density at radius 1 is 1.41 bits per heavy atom. The molecule has 0 saturated heterocycles. The van der Waals surface area contributed by atoms with Gasteiger partial charge < -0.3 is 9.72 Å². The smallest absolute Gasteiger partial charge is 0.141 e. The van der Waals surface area contributed by atoms with Crippen molar-refractivity contribution in [3.05, 3.63) is 30.1 Å². The lowest BCUT2D eigenvalue weighted by Crippen LogP contribution is -1.94. The predicted octanol–water partition coefficient (Wildman–Crippen LogP) is 3.37. The summed E-state index contributed by atoms with van der Waals surface area (Å²) in [4.78, 5) is 8.68. The first-order valence-corrected chi connectivity index (χ1v) is 6.77. The summed E-state index contributed by atoms with van der Waals surface area (Å²) in [5, 5.41) is 0. The topological polar surface area (TPSA) is 37.9 Å². The molecule has 0 spiro atoms. The fourth-order valence-corrected chi connectivity index (χ4v) is 2.54. The van der Waals surface area contributed by atoms with Crippen molar-refractivity contribution in [1.29, 1.82) is 0 Å². The molecule has 1 aromatic carbocycles. The van der Waals surface area contributed by atoms with Gasteiger partial charge in [-0.25, -0.2) is 4.98 Å². The average molecular weight is 248 g/mol. The number of hydrogen-bond donors (Lipinski definition) is 1. The molecule has 4 heteroatoms. The van der Waals surface area contributed by atoms with E-state index in [1.54, 1.807) is 25.1 Å². The van der Waals surface area contributed by atoms with E-state index in [0.717, 1.165) is 23.6 Å². The molecule has 17 heavy (non-hydrogen) atoms. The minimum Gasteiger partial charge on any atom is -0.496 e. The maximum Gasteiger partial charge on any atom is 0.141 e. The van der Waals surface area contributed by atoms with Crippen LogP contribution >= 0.6 is 11.8 Å². The molecule has 0 aliphatic heterocycles. The van der Waals surface area contributed by atoms with Crippen LogP contribution in [-0.4, -0.2) is 23.3 Å². The lowest BCUT2D eigenvalue weighted by Gasteiger charge is -2.12. The number of ether oxygens (including phenoxy) is 1. The Morgan fingerprint density at radius 2 is 2.24 bits per heavy atom. The highest BCUT2D eigenvalue weighted by Gasteiger charge is 2.12. The minimum atomic E-state index is 0.847. The zero-order valence-electron chi connectivity index (χ0n) is 10.3. The van der Waals surface area contributed by atoms with E-state index < -0.39 is 0 Å². The van der Waals surface area contributed by atoms with E-state index >= 15 is 0 Å². The first kappa shape index (κ1) is 12.0. The number of aromatic amines is 1. The van der Waals surface area contributed by atoms with Gasteiger partial charge in [0.25, 0.3) is 0 Å². The average Bonchev–Trinajstić information content (AvgIpc) is 2.90. The Labute approximate surface area is 106 Å². The highest BCUT2D eigenvalue weighted by atomic mass is 32.2. The van der Waals surface area contributed by atoms with Crippen LogP contribution in [0.5, 0.6) is 5.75 Å². The number of imidazole rings is 1. The van der Waals surface area contributed by atoms with Crippen molar-refractivity contribution in [1.82, 2.24) is 9.97 Å². The summed E-state index contributed by atoms with van der Waals surface area (Å²) in [6.07, 6.45) is 6.67. The molecule has 1 N–H and O–H groups in total. The van der Waals surface area contributed by atoms with E-state index in [2.05, 4.69) is 35.3 Å². The highest BCUT2D eigenvalue weighted by Crippen LogP contribution is 2.34. The molecule has 0 saturated carbocycles. The molecule has 90 valence electrons. The van der Waals surface area contributed by atoms with Gasteiger partial charge in [-0.05, 0) is 30.4 Å². The maximum absolute atomic E-state index is 5.44. The van der Waals surface area contributed by atoms with Crippen LogP contribution in [-0.2, 0) is 6.42 Å². The summed E-state index contributed by atoms with van der Waals surface area (Å²) >= 11 is 1.75. The van der Waals surface area contributed by atoms with E-state index in [1.807, 2.05) is 6.20 Å². The van der Waals surface area contributed by atoms with Crippen molar-refractivity contribution in [3.63, 3.8) is 0 Å². The molecule has 0 bridgehead atoms. The monoisotopic (exact) mass is 248 g/mol. The summed E-state index contributed by atoms with van der Waals surface area (Å²) < 4.78 is 5.44. The standard InChI is InChI=1S/C13H16N2OS/c1-4-9-7-11(16-2)10(8-12(9)17-3)13-14-5-6-15-13/h5-8H,4H2,1-3H3,(H,14,15). The number of hydrogen-bond acceptors (Lipinski definition) is 3. The molecule has 0 radical (unpaired) electrons. The quantitative estimate of drug-likeness (QED) is 0.843. The molecule has 3 nitrogen and oxygen atoms in total. The summed E-state index contributed by atoms with van der Waals surface area (Å²) in [6, 6.07) is 4.24. The number of nitrogens with one attached hydrogen (secondary N) is 1. The minimum absolute atomic E-state index is 0.847. The van der Waals surface area contributed by atoms with E-state index in [9.17, 15) is 0 Å². The van der Waals surface area contributed by atoms with Gasteiger partial charge >= 0.3 is 0 Å². The Hall–Kier alpha value is -1.42. The number of benzene rings is 1. The molecule has 0 aliphatic carbocycles. The van der Waals surface area contributed by atoms with Crippen molar-refractivity contribution in [2.24, 2.45) is 0 Å². The molecule has 0 atom stereocenters. The molecule has 2 aromatic rings. The Bertz CT molecular complexity index is 494. The predicted molar refractivity (Wildman–Crippen MR) is 71.7 cm³/mol. The molecular weight excluding hydrogens is 232 g/mol. The number of rotatable bonds is 4. The fourth-order valence-electron chi connectivity index (χ4n) is 1.83. The van der Waals surface area contributed by atoms with Crippen LogP contribution in [0.25, 0.3) is 11.4 Å². The largest absolute Gasteiger partial charge is 0.496 e. The number of H-pyrrole nitrogens is 1. The normalized spacial score (nSPS) is 10.5. The van der Waals surface area contributed by atoms with Gasteiger partial charge in [-0.3, -0.25) is 0 Å². The second kappa shape index (κ2) is 5.27. The van der Waals surface area contributed by atoms with Gasteiger partial charge in [0.05, 0.1) is 12.7 Å². The number of aromatic nitrogens is 2. The van der Waals surface area contributed by atoms with Gasteiger partial charge in [0.15, 0.2) is 0 Å². The van der Waals surface area contributed by atoms with Crippen molar-refractivity contribution < 1.29 is 4.74 Å². The van der Waals surface area contributed by atoms with Crippen LogP contribution < -0.4 is 4.74 Å². The number of methoxy groups -OCH3 is 1. The van der Waals surface area contributed by atoms with Gasteiger partial charge in [0, 0.05) is 17.3 Å². The Kier molecular flexibility index (Phi) is 3.74. The van der Waals surface area contributed by atoms with E-state index in [-0.39, 0.29) is 0 Å². The molecule has 0 aliphatic rings. The lowest BCUT2D eigenvalue weighted by molar-refractivity contribution is 0.415. The van der Waals surface area contributed by atoms with E-state index in [0.29, 0.717) is 0 Å². The van der Waals surface area contributed by atoms with Crippen molar-refractivity contribution in [2.75, 3.05) is 13.4 Å². The van der Waals surface area contributed by atoms with Gasteiger partial charge in [-0.1, -0.05) is 6.92 Å². The van der Waals surface area contributed by atoms with Crippen LogP contribution in [0.15, 0.2) is 29.4 Å². The molecule has 0 fully saturated rings. The van der Waals surface area contributed by atoms with Gasteiger partial charge in [-0.15, -0.1) is 11.8 Å². The van der Waals surface area contributed by atoms with Crippen molar-refractivity contribution in [3.8, 4) is 17.1 Å². The van der Waals surface area contributed by atoms with E-state index in [4.69, 9.17) is 4.74 Å². The second-order valence-electron chi connectivity index (χ2n) is 3.66. The summed E-state index contributed by atoms with van der Waals surface area (Å²) in [5.74, 6) is 1.72. The van der Waals surface area contributed by atoms with Crippen LogP contribution in [0.2, 0.25) is 0 Å². The molecule has 2 rings (SSSR count). The third kappa shape index (κ3) is 2.31. The Morgan fingerprint density at radius 3 is 2.76 bits per heavy atom. The zero-order chi connectivity index (χ0) is 12.3. The maximum atomic E-state index is 5.44. The van der Waals surface area contributed by atoms with Crippen LogP contribution in [0.1, 0.15) is 12.5 Å². The first-order valence-electron chi connectivity index (χ1n) is 5.54. The van der Waals surface area contributed by atoms with Gasteiger partial charge in [-0.2, -0.15) is 0 Å². The van der Waals surface area contributed by atoms with Gasteiger partial charge in [0.1, 0.15) is 11.6 Å². The number of nitrogens with zero attached hydrogens (tertiary/aromatic N) is 1. The van der Waals surface area contributed by atoms with Crippen LogP contribution in [0.4, 0.5) is 0 Å². The molecule has 0 unspecified atom stereocenters. The molecule has 1 heterocycles. The number of aryl methyl sites for hydroxylation is 1. The highest BCUT2D eigenvalue weighted by molar-refractivity contribution is 7.98. The first-order chi connectivity index (χ1) is 8.30. The fraction of sp³-hybridized carbons (Fsp3) is 0.308. The van der Waals surface area contributed by atoms with Gasteiger partial charge in [0.2, 0.25) is 0 Å². The second-order valence-corrected chi connectivity index (χ2v) is 4.50. The Balaban J connectivity index is 2.58. The summed E-state index contributed by atoms with van der Waals surface area (Å²) in [5.41, 5.74) is 2.32. The molecular formula is C13H16N2OS. The molecule has 1 aromatic heterocycles. The zero-order valence-corrected chi connectivity index (χ0v) is 11.1. The van der Waals surface area contributed by atoms with Crippen molar-refractivity contribution in [2.45, 2.75) is 18.2 Å². The van der Waals surface area contributed by atoms with E-state index in [1.165, 1.54) is 10.5 Å². The van der Waals surface area contributed by atoms with Crippen molar-refractivity contribution >= 4 is 11.8 Å².